The maximum Gasteiger partial charge on any atom is 0.243 e. The predicted octanol–water partition coefficient (Wildman–Crippen LogP) is 2.49. The summed E-state index contributed by atoms with van der Waals surface area (Å²) in [5.74, 6) is -0.790. The van der Waals surface area contributed by atoms with Crippen LogP contribution in [0.2, 0.25) is 0 Å². The molecule has 0 atom stereocenters. The van der Waals surface area contributed by atoms with Crippen LogP contribution < -0.4 is 0 Å². The van der Waals surface area contributed by atoms with E-state index in [1.165, 1.54) is 18.4 Å². The molecule has 7 nitrogen and oxygen atoms in total. The Morgan fingerprint density at radius 1 is 1.47 bits per heavy atom. The molecule has 2 heterocycles. The van der Waals surface area contributed by atoms with E-state index in [1.54, 1.807) is 13.8 Å². The topological polar surface area (TPSA) is 87.4 Å². The van der Waals surface area contributed by atoms with Gasteiger partial charge in [-0.15, -0.1) is 21.6 Å². The number of rotatable bonds is 2. The van der Waals surface area contributed by atoms with Crippen molar-refractivity contribution in [1.29, 1.82) is 0 Å². The van der Waals surface area contributed by atoms with E-state index in [0.29, 0.717) is 5.13 Å². The number of azo groups is 1. The van der Waals surface area contributed by atoms with Gasteiger partial charge in [0.15, 0.2) is 11.3 Å². The quantitative estimate of drug-likeness (QED) is 0.842. The lowest BCUT2D eigenvalue weighted by Gasteiger charge is -2.33. The Morgan fingerprint density at radius 3 is 2.74 bits per heavy atom. The van der Waals surface area contributed by atoms with Gasteiger partial charge >= 0.3 is 0 Å². The van der Waals surface area contributed by atoms with Crippen LogP contribution >= 0.6 is 11.3 Å². The second-order valence-corrected chi connectivity index (χ2v) is 5.41. The van der Waals surface area contributed by atoms with Crippen molar-refractivity contribution in [1.82, 2.24) is 10.0 Å². The number of aliphatic hydroxyl groups excluding tert-OH is 1. The van der Waals surface area contributed by atoms with Crippen molar-refractivity contribution in [3.63, 3.8) is 0 Å². The summed E-state index contributed by atoms with van der Waals surface area (Å²) in [6, 6.07) is 0. The van der Waals surface area contributed by atoms with Crippen molar-refractivity contribution in [2.45, 2.75) is 26.4 Å². The zero-order valence-corrected chi connectivity index (χ0v) is 11.9. The minimum absolute atomic E-state index is 0.133. The second kappa shape index (κ2) is 4.71. The van der Waals surface area contributed by atoms with Crippen LogP contribution in [0.25, 0.3) is 0 Å². The fraction of sp³-hybridized carbons (Fsp3) is 0.455. The summed E-state index contributed by atoms with van der Waals surface area (Å²) in [5, 5.41) is 20.8. The lowest BCUT2D eigenvalue weighted by Crippen LogP contribution is -2.46. The number of carbonyl (C=O) groups excluding carboxylic acids is 1. The number of aryl methyl sites for hydroxylation is 1. The summed E-state index contributed by atoms with van der Waals surface area (Å²) < 4.78 is 0. The molecular weight excluding hydrogens is 268 g/mol. The average molecular weight is 282 g/mol. The normalized spacial score (nSPS) is 19.6. The maximum atomic E-state index is 12.1. The second-order valence-electron chi connectivity index (χ2n) is 4.57. The minimum Gasteiger partial charge on any atom is -0.492 e. The number of hydroxylamine groups is 2. The van der Waals surface area contributed by atoms with E-state index >= 15 is 0 Å². The molecule has 1 aliphatic heterocycles. The van der Waals surface area contributed by atoms with E-state index in [0.717, 1.165) is 10.8 Å². The Bertz CT molecular complexity index is 576. The van der Waals surface area contributed by atoms with Crippen molar-refractivity contribution in [2.24, 2.45) is 10.2 Å². The molecule has 0 radical (unpaired) electrons. The first-order valence-corrected chi connectivity index (χ1v) is 6.44. The largest absolute Gasteiger partial charge is 0.492 e. The van der Waals surface area contributed by atoms with Gasteiger partial charge in [0.1, 0.15) is 0 Å². The number of hydrogen-bond donors (Lipinski definition) is 1. The Morgan fingerprint density at radius 2 is 2.16 bits per heavy atom. The summed E-state index contributed by atoms with van der Waals surface area (Å²) in [6.45, 7) is 5.03. The van der Waals surface area contributed by atoms with Crippen LogP contribution in [0.3, 0.4) is 0 Å². The third kappa shape index (κ3) is 2.64. The number of aromatic nitrogens is 1. The van der Waals surface area contributed by atoms with E-state index < -0.39 is 11.4 Å². The lowest BCUT2D eigenvalue weighted by atomic mass is 10.0. The molecular formula is C11H14N4O3S. The Kier molecular flexibility index (Phi) is 3.38. The third-order valence-corrected chi connectivity index (χ3v) is 3.32. The molecule has 1 aromatic rings. The van der Waals surface area contributed by atoms with Crippen molar-refractivity contribution in [3.05, 3.63) is 22.7 Å². The molecule has 0 saturated heterocycles. The van der Waals surface area contributed by atoms with Gasteiger partial charge in [0.25, 0.3) is 0 Å². The van der Waals surface area contributed by atoms with Gasteiger partial charge in [0.05, 0.1) is 5.69 Å². The lowest BCUT2D eigenvalue weighted by molar-refractivity contribution is -0.223. The number of aliphatic hydroxyl groups is 1. The summed E-state index contributed by atoms with van der Waals surface area (Å²) in [7, 11) is 1.49. The van der Waals surface area contributed by atoms with Crippen molar-refractivity contribution in [2.75, 3.05) is 7.05 Å². The first-order valence-electron chi connectivity index (χ1n) is 5.56. The first kappa shape index (κ1) is 13.6. The van der Waals surface area contributed by atoms with E-state index in [9.17, 15) is 9.90 Å². The van der Waals surface area contributed by atoms with Crippen molar-refractivity contribution < 1.29 is 14.7 Å². The predicted molar refractivity (Wildman–Crippen MR) is 69.0 cm³/mol. The fourth-order valence-electron chi connectivity index (χ4n) is 1.53. The Hall–Kier alpha value is -1.80. The SMILES string of the molecule is Cc1csc(N=NC2=C(O)N(C)OC(C)(C)C2=O)n1. The van der Waals surface area contributed by atoms with Gasteiger partial charge in [-0.1, -0.05) is 0 Å². The van der Waals surface area contributed by atoms with Crippen LogP contribution in [-0.4, -0.2) is 33.6 Å². The highest BCUT2D eigenvalue weighted by atomic mass is 32.1. The summed E-state index contributed by atoms with van der Waals surface area (Å²) in [5.41, 5.74) is -0.395. The van der Waals surface area contributed by atoms with Gasteiger partial charge < -0.3 is 5.11 Å². The monoisotopic (exact) mass is 282 g/mol. The zero-order chi connectivity index (χ0) is 14.2. The number of thiazole rings is 1. The van der Waals surface area contributed by atoms with Crippen LogP contribution in [0.4, 0.5) is 5.13 Å². The van der Waals surface area contributed by atoms with Gasteiger partial charge in [-0.2, -0.15) is 0 Å². The van der Waals surface area contributed by atoms with E-state index in [2.05, 4.69) is 15.2 Å². The number of hydrogen-bond acceptors (Lipinski definition) is 8. The highest BCUT2D eigenvalue weighted by Crippen LogP contribution is 2.29. The van der Waals surface area contributed by atoms with Crippen LogP contribution in [0.1, 0.15) is 19.5 Å². The summed E-state index contributed by atoms with van der Waals surface area (Å²) in [6.07, 6.45) is 0. The Labute approximate surface area is 114 Å². The molecule has 1 aromatic heterocycles. The van der Waals surface area contributed by atoms with Crippen LogP contribution in [0, 0.1) is 6.92 Å². The standard InChI is InChI=1S/C11H14N4O3S/c1-6-5-19-10(12-6)14-13-7-8(16)11(2,3)18-15(4)9(7)17/h5,17H,1-4H3. The minimum atomic E-state index is -1.09. The number of nitrogens with zero attached hydrogens (tertiary/aromatic N) is 4. The number of Topliss-reactive ketones (excluding diaryl/α,β-unsaturated/α-hetero) is 1. The van der Waals surface area contributed by atoms with Gasteiger partial charge in [0.2, 0.25) is 16.8 Å². The molecule has 102 valence electrons. The molecule has 0 saturated carbocycles. The van der Waals surface area contributed by atoms with E-state index in [-0.39, 0.29) is 11.6 Å². The van der Waals surface area contributed by atoms with E-state index in [4.69, 9.17) is 4.84 Å². The molecule has 2 rings (SSSR count). The molecule has 0 spiro atoms. The molecule has 0 bridgehead atoms. The molecule has 1 aliphatic rings. The van der Waals surface area contributed by atoms with Crippen molar-refractivity contribution >= 4 is 22.3 Å². The average Bonchev–Trinajstić information content (AvgIpc) is 2.72. The van der Waals surface area contributed by atoms with Crippen LogP contribution in [0.5, 0.6) is 0 Å². The molecule has 19 heavy (non-hydrogen) atoms. The van der Waals surface area contributed by atoms with Crippen LogP contribution in [-0.2, 0) is 9.63 Å². The molecule has 1 N–H and O–H groups in total. The first-order chi connectivity index (χ1) is 8.81. The number of carbonyl (C=O) groups is 1. The molecule has 0 unspecified atom stereocenters. The molecule has 0 aliphatic carbocycles. The summed E-state index contributed by atoms with van der Waals surface area (Å²) >= 11 is 1.31. The Balaban J connectivity index is 2.33. The fourth-order valence-corrected chi connectivity index (χ4v) is 2.15. The van der Waals surface area contributed by atoms with Gasteiger partial charge in [-0.3, -0.25) is 9.63 Å². The van der Waals surface area contributed by atoms with Gasteiger partial charge in [0, 0.05) is 12.4 Å². The summed E-state index contributed by atoms with van der Waals surface area (Å²) in [4.78, 5) is 21.4. The highest BCUT2D eigenvalue weighted by molar-refractivity contribution is 7.13. The zero-order valence-electron chi connectivity index (χ0n) is 11.0. The van der Waals surface area contributed by atoms with Crippen LogP contribution in [0.15, 0.2) is 27.2 Å². The smallest absolute Gasteiger partial charge is 0.243 e. The molecule has 8 heteroatoms. The molecule has 0 amide bonds. The number of ketones is 1. The third-order valence-electron chi connectivity index (χ3n) is 2.48. The molecule has 0 fully saturated rings. The van der Waals surface area contributed by atoms with E-state index in [1.807, 2.05) is 12.3 Å². The van der Waals surface area contributed by atoms with Gasteiger partial charge in [-0.05, 0) is 20.8 Å². The maximum absolute atomic E-state index is 12.1. The highest BCUT2D eigenvalue weighted by Gasteiger charge is 2.41. The van der Waals surface area contributed by atoms with Crippen molar-refractivity contribution in [3.8, 4) is 0 Å². The molecule has 0 aromatic carbocycles. The van der Waals surface area contributed by atoms with Gasteiger partial charge in [-0.25, -0.2) is 10.0 Å².